The molecule has 128 valence electrons. The number of nitrogens with zero attached hydrogens (tertiary/aromatic N) is 2. The molecule has 1 aliphatic heterocycles. The van der Waals surface area contributed by atoms with Crippen LogP contribution in [-0.2, 0) is 11.2 Å². The first kappa shape index (κ1) is 17.8. The van der Waals surface area contributed by atoms with Gasteiger partial charge in [-0.1, -0.05) is 39.0 Å². The Morgan fingerprint density at radius 1 is 1.30 bits per heavy atom. The van der Waals surface area contributed by atoms with Gasteiger partial charge in [-0.15, -0.1) is 0 Å². The van der Waals surface area contributed by atoms with E-state index in [0.29, 0.717) is 18.4 Å². The topological polar surface area (TPSA) is 32.8 Å². The number of likely N-dealkylation sites (N-methyl/N-ethyl adjacent to an activating group) is 1. The number of likely N-dealkylation sites (tertiary alicyclic amines) is 1. The number of para-hydroxylation sites is 1. The summed E-state index contributed by atoms with van der Waals surface area (Å²) in [6, 6.07) is 8.40. The summed E-state index contributed by atoms with van der Waals surface area (Å²) in [4.78, 5) is 17.3. The van der Waals surface area contributed by atoms with Crippen molar-refractivity contribution in [3.8, 4) is 5.75 Å². The molecule has 0 spiro atoms. The second kappa shape index (κ2) is 6.91. The number of carbonyl (C=O) groups is 1. The van der Waals surface area contributed by atoms with E-state index < -0.39 is 5.41 Å². The van der Waals surface area contributed by atoms with Crippen LogP contribution in [0.4, 0.5) is 0 Å². The van der Waals surface area contributed by atoms with E-state index >= 15 is 0 Å². The van der Waals surface area contributed by atoms with E-state index in [0.717, 1.165) is 24.4 Å². The second-order valence-electron chi connectivity index (χ2n) is 7.59. The lowest BCUT2D eigenvalue weighted by Gasteiger charge is -2.30. The van der Waals surface area contributed by atoms with Gasteiger partial charge in [0.2, 0.25) is 5.91 Å². The molecule has 0 bridgehead atoms. The highest BCUT2D eigenvalue weighted by molar-refractivity contribution is 5.82. The lowest BCUT2D eigenvalue weighted by molar-refractivity contribution is -0.139. The fourth-order valence-corrected chi connectivity index (χ4v) is 3.62. The minimum absolute atomic E-state index is 0.236. The van der Waals surface area contributed by atoms with E-state index in [1.807, 2.05) is 43.0 Å². The van der Waals surface area contributed by atoms with E-state index in [-0.39, 0.29) is 5.91 Å². The molecule has 0 radical (unpaired) electrons. The molecule has 0 N–H and O–H groups in total. The molecule has 2 atom stereocenters. The van der Waals surface area contributed by atoms with Crippen LogP contribution in [0, 0.1) is 11.3 Å². The highest BCUT2D eigenvalue weighted by Gasteiger charge is 2.39. The quantitative estimate of drug-likeness (QED) is 0.837. The van der Waals surface area contributed by atoms with Crippen molar-refractivity contribution in [1.82, 2.24) is 9.80 Å². The summed E-state index contributed by atoms with van der Waals surface area (Å²) in [5, 5.41) is 0. The third-order valence-electron chi connectivity index (χ3n) is 4.93. The largest absolute Gasteiger partial charge is 0.496 e. The summed E-state index contributed by atoms with van der Waals surface area (Å²) in [5.41, 5.74) is 0.653. The monoisotopic (exact) mass is 318 g/mol. The van der Waals surface area contributed by atoms with Gasteiger partial charge in [0, 0.05) is 24.5 Å². The van der Waals surface area contributed by atoms with Crippen LogP contribution in [0.3, 0.4) is 0 Å². The number of carbonyl (C=O) groups excluding carboxylic acids is 1. The molecule has 0 aliphatic carbocycles. The summed E-state index contributed by atoms with van der Waals surface area (Å²) in [7, 11) is 5.86. The zero-order valence-corrected chi connectivity index (χ0v) is 15.3. The number of methoxy groups -OCH3 is 1. The van der Waals surface area contributed by atoms with Crippen LogP contribution < -0.4 is 4.74 Å². The number of rotatable bonds is 5. The van der Waals surface area contributed by atoms with Crippen molar-refractivity contribution in [2.24, 2.45) is 11.3 Å². The standard InChI is InChI=1S/C19H30N2O2/c1-14-12-21(13-16(14)20(4)5)18(22)19(2,3)11-15-9-7-8-10-17(15)23-6/h7-10,14,16H,11-13H2,1-6H3/t14-,16-/m0/s1. The third-order valence-corrected chi connectivity index (χ3v) is 4.93. The zero-order chi connectivity index (χ0) is 17.2. The number of hydrogen-bond acceptors (Lipinski definition) is 3. The van der Waals surface area contributed by atoms with Crippen LogP contribution in [0.2, 0.25) is 0 Å². The van der Waals surface area contributed by atoms with E-state index in [2.05, 4.69) is 25.9 Å². The van der Waals surface area contributed by atoms with Crippen molar-refractivity contribution >= 4 is 5.91 Å². The van der Waals surface area contributed by atoms with Crippen molar-refractivity contribution in [3.63, 3.8) is 0 Å². The molecule has 4 heteroatoms. The molecule has 23 heavy (non-hydrogen) atoms. The summed E-state index contributed by atoms with van der Waals surface area (Å²) < 4.78 is 5.43. The summed E-state index contributed by atoms with van der Waals surface area (Å²) >= 11 is 0. The Bertz CT molecular complexity index is 554. The average Bonchev–Trinajstić information content (AvgIpc) is 2.88. The van der Waals surface area contributed by atoms with E-state index in [9.17, 15) is 4.79 Å². The van der Waals surface area contributed by atoms with Gasteiger partial charge >= 0.3 is 0 Å². The zero-order valence-electron chi connectivity index (χ0n) is 15.3. The molecule has 1 amide bonds. The first-order valence-corrected chi connectivity index (χ1v) is 8.34. The first-order chi connectivity index (χ1) is 10.8. The maximum Gasteiger partial charge on any atom is 0.228 e. The second-order valence-corrected chi connectivity index (χ2v) is 7.59. The summed E-state index contributed by atoms with van der Waals surface area (Å²) in [6.07, 6.45) is 0.688. The van der Waals surface area contributed by atoms with Crippen LogP contribution >= 0.6 is 0 Å². The SMILES string of the molecule is COc1ccccc1CC(C)(C)C(=O)N1C[C@H](C)[C@@H](N(C)C)C1. The van der Waals surface area contributed by atoms with Gasteiger partial charge < -0.3 is 14.5 Å². The van der Waals surface area contributed by atoms with E-state index in [4.69, 9.17) is 4.74 Å². The Hall–Kier alpha value is -1.55. The number of benzene rings is 1. The average molecular weight is 318 g/mol. The van der Waals surface area contributed by atoms with Gasteiger partial charge in [-0.05, 0) is 38.1 Å². The Balaban J connectivity index is 2.12. The molecular weight excluding hydrogens is 288 g/mol. The number of ether oxygens (including phenoxy) is 1. The Kier molecular flexibility index (Phi) is 5.35. The number of hydrogen-bond donors (Lipinski definition) is 0. The summed E-state index contributed by atoms with van der Waals surface area (Å²) in [6.45, 7) is 7.97. The highest BCUT2D eigenvalue weighted by atomic mass is 16.5. The van der Waals surface area contributed by atoms with E-state index in [1.54, 1.807) is 7.11 Å². The smallest absolute Gasteiger partial charge is 0.228 e. The Labute approximate surface area is 140 Å². The van der Waals surface area contributed by atoms with Crippen molar-refractivity contribution in [3.05, 3.63) is 29.8 Å². The minimum Gasteiger partial charge on any atom is -0.496 e. The summed E-state index contributed by atoms with van der Waals surface area (Å²) in [5.74, 6) is 1.60. The molecule has 1 saturated heterocycles. The van der Waals surface area contributed by atoms with E-state index in [1.165, 1.54) is 0 Å². The molecule has 4 nitrogen and oxygen atoms in total. The fourth-order valence-electron chi connectivity index (χ4n) is 3.62. The molecule has 1 aliphatic rings. The van der Waals surface area contributed by atoms with Crippen molar-refractivity contribution in [2.45, 2.75) is 33.2 Å². The van der Waals surface area contributed by atoms with Crippen LogP contribution in [-0.4, -0.2) is 56.0 Å². The molecule has 0 aromatic heterocycles. The van der Waals surface area contributed by atoms with Gasteiger partial charge in [-0.3, -0.25) is 4.79 Å². The molecule has 0 saturated carbocycles. The molecule has 1 heterocycles. The van der Waals surface area contributed by atoms with Crippen LogP contribution in [0.5, 0.6) is 5.75 Å². The van der Waals surface area contributed by atoms with Gasteiger partial charge in [-0.25, -0.2) is 0 Å². The molecule has 2 rings (SSSR count). The van der Waals surface area contributed by atoms with Gasteiger partial charge in [-0.2, -0.15) is 0 Å². The molecule has 1 aromatic rings. The maximum absolute atomic E-state index is 13.1. The molecule has 0 unspecified atom stereocenters. The predicted octanol–water partition coefficient (Wildman–Crippen LogP) is 2.67. The van der Waals surface area contributed by atoms with Gasteiger partial charge in [0.1, 0.15) is 5.75 Å². The van der Waals surface area contributed by atoms with Gasteiger partial charge in [0.05, 0.1) is 7.11 Å². The lowest BCUT2D eigenvalue weighted by atomic mass is 9.84. The van der Waals surface area contributed by atoms with Crippen molar-refractivity contribution < 1.29 is 9.53 Å². The first-order valence-electron chi connectivity index (χ1n) is 8.34. The van der Waals surface area contributed by atoms with Crippen LogP contribution in [0.1, 0.15) is 26.3 Å². The van der Waals surface area contributed by atoms with Crippen LogP contribution in [0.25, 0.3) is 0 Å². The maximum atomic E-state index is 13.1. The van der Waals surface area contributed by atoms with Gasteiger partial charge in [0.15, 0.2) is 0 Å². The normalized spacial score (nSPS) is 21.8. The van der Waals surface area contributed by atoms with Crippen molar-refractivity contribution in [1.29, 1.82) is 0 Å². The minimum atomic E-state index is -0.435. The van der Waals surface area contributed by atoms with Crippen molar-refractivity contribution in [2.75, 3.05) is 34.3 Å². The Morgan fingerprint density at radius 3 is 2.52 bits per heavy atom. The third kappa shape index (κ3) is 3.86. The predicted molar refractivity (Wildman–Crippen MR) is 93.7 cm³/mol. The molecule has 1 fully saturated rings. The molecular formula is C19H30N2O2. The Morgan fingerprint density at radius 2 is 1.96 bits per heavy atom. The van der Waals surface area contributed by atoms with Crippen LogP contribution in [0.15, 0.2) is 24.3 Å². The highest BCUT2D eigenvalue weighted by Crippen LogP contribution is 2.32. The fraction of sp³-hybridized carbons (Fsp3) is 0.632. The number of amides is 1. The molecule has 1 aromatic carbocycles. The lowest BCUT2D eigenvalue weighted by Crippen LogP contribution is -2.42. The van der Waals surface area contributed by atoms with Gasteiger partial charge in [0.25, 0.3) is 0 Å².